The van der Waals surface area contributed by atoms with Gasteiger partial charge in [0.05, 0.1) is 0 Å². The predicted molar refractivity (Wildman–Crippen MR) is 108 cm³/mol. The van der Waals surface area contributed by atoms with Gasteiger partial charge in [0.2, 0.25) is 0 Å². The van der Waals surface area contributed by atoms with E-state index in [2.05, 4.69) is 68.0 Å². The van der Waals surface area contributed by atoms with Gasteiger partial charge in [-0.05, 0) is 32.1 Å². The second-order valence-electron chi connectivity index (χ2n) is 8.65. The van der Waals surface area contributed by atoms with Crippen LogP contribution in [0.5, 0.6) is 0 Å². The highest BCUT2D eigenvalue weighted by atomic mass is 15.2. The number of nitrogens with zero attached hydrogens (tertiary/aromatic N) is 4. The SMILES string of the molecule is c1c[n+](C[C@@H]2C[C@H]2C[n+]2ccc(N3CCCC3)cc2)ccc1N1CCCC1. The van der Waals surface area contributed by atoms with Gasteiger partial charge in [-0.1, -0.05) is 0 Å². The minimum absolute atomic E-state index is 0.832. The van der Waals surface area contributed by atoms with Crippen LogP contribution in [0.2, 0.25) is 0 Å². The second-order valence-corrected chi connectivity index (χ2v) is 8.65. The molecular weight excluding hydrogens is 332 g/mol. The van der Waals surface area contributed by atoms with E-state index >= 15 is 0 Å². The van der Waals surface area contributed by atoms with Crippen molar-refractivity contribution in [3.63, 3.8) is 0 Å². The van der Waals surface area contributed by atoms with Gasteiger partial charge in [-0.15, -0.1) is 0 Å². The third-order valence-electron chi connectivity index (χ3n) is 6.65. The molecule has 2 aromatic heterocycles. The third-order valence-corrected chi connectivity index (χ3v) is 6.65. The topological polar surface area (TPSA) is 14.2 Å². The van der Waals surface area contributed by atoms with Crippen LogP contribution in [0.25, 0.3) is 0 Å². The zero-order chi connectivity index (χ0) is 18.1. The lowest BCUT2D eigenvalue weighted by atomic mass is 10.3. The summed E-state index contributed by atoms with van der Waals surface area (Å²) in [4.78, 5) is 5.01. The molecule has 0 radical (unpaired) electrons. The molecule has 1 aliphatic carbocycles. The van der Waals surface area contributed by atoms with Crippen molar-refractivity contribution in [1.29, 1.82) is 0 Å². The van der Waals surface area contributed by atoms with Crippen LogP contribution in [-0.2, 0) is 13.1 Å². The van der Waals surface area contributed by atoms with E-state index in [1.807, 2.05) is 0 Å². The highest BCUT2D eigenvalue weighted by Crippen LogP contribution is 2.38. The Bertz CT molecular complexity index is 677. The van der Waals surface area contributed by atoms with Gasteiger partial charge in [0, 0.05) is 73.7 Å². The van der Waals surface area contributed by atoms with Gasteiger partial charge < -0.3 is 9.80 Å². The summed E-state index contributed by atoms with van der Waals surface area (Å²) in [7, 11) is 0. The molecule has 4 heterocycles. The number of pyridine rings is 2. The second kappa shape index (κ2) is 7.49. The molecule has 0 bridgehead atoms. The predicted octanol–water partition coefficient (Wildman–Crippen LogP) is 2.80. The average Bonchev–Trinajstić information content (AvgIpc) is 3.16. The fraction of sp³-hybridized carbons (Fsp3) is 0.565. The molecule has 0 aromatic carbocycles. The minimum atomic E-state index is 0.832. The molecule has 0 unspecified atom stereocenters. The largest absolute Gasteiger partial charge is 0.371 e. The van der Waals surface area contributed by atoms with Gasteiger partial charge in [0.25, 0.3) is 0 Å². The molecule has 0 N–H and O–H groups in total. The molecule has 3 aliphatic rings. The van der Waals surface area contributed by atoms with Crippen molar-refractivity contribution < 1.29 is 9.13 Å². The standard InChI is InChI=1S/C23H32N4/c1-2-10-26(9-1)22-5-13-24(14-6-22)18-20-17-21(20)19-25-15-7-23(8-16-25)27-11-3-4-12-27/h5-8,13-16,20-21H,1-4,9-12,17-19H2/q+2/t20-,21-/m0/s1. The van der Waals surface area contributed by atoms with E-state index in [1.165, 1.54) is 69.7 Å². The van der Waals surface area contributed by atoms with E-state index in [4.69, 9.17) is 0 Å². The summed E-state index contributed by atoms with van der Waals surface area (Å²) in [5.74, 6) is 1.66. The fourth-order valence-electron chi connectivity index (χ4n) is 4.81. The Balaban J connectivity index is 1.12. The lowest BCUT2D eigenvalue weighted by molar-refractivity contribution is -0.709. The van der Waals surface area contributed by atoms with Crippen LogP contribution in [0.15, 0.2) is 49.1 Å². The summed E-state index contributed by atoms with van der Waals surface area (Å²) < 4.78 is 4.76. The van der Waals surface area contributed by atoms with Crippen molar-refractivity contribution in [3.05, 3.63) is 49.1 Å². The van der Waals surface area contributed by atoms with Gasteiger partial charge >= 0.3 is 0 Å². The fourth-order valence-corrected chi connectivity index (χ4v) is 4.81. The number of aromatic nitrogens is 2. The van der Waals surface area contributed by atoms with Crippen LogP contribution in [0, 0.1) is 11.8 Å². The van der Waals surface area contributed by atoms with Crippen LogP contribution in [-0.4, -0.2) is 26.2 Å². The maximum absolute atomic E-state index is 2.51. The van der Waals surface area contributed by atoms with E-state index in [0.29, 0.717) is 0 Å². The van der Waals surface area contributed by atoms with E-state index in [1.54, 1.807) is 0 Å². The number of hydrogen-bond donors (Lipinski definition) is 0. The van der Waals surface area contributed by atoms with Crippen molar-refractivity contribution in [2.75, 3.05) is 36.0 Å². The van der Waals surface area contributed by atoms with E-state index in [9.17, 15) is 0 Å². The number of rotatable bonds is 6. The van der Waals surface area contributed by atoms with Gasteiger partial charge in [0.15, 0.2) is 37.9 Å². The summed E-state index contributed by atoms with van der Waals surface area (Å²) in [5, 5.41) is 0. The first-order valence-corrected chi connectivity index (χ1v) is 10.8. The molecular formula is C23H32N4+2. The normalized spacial score (nSPS) is 24.6. The van der Waals surface area contributed by atoms with E-state index in [-0.39, 0.29) is 0 Å². The molecule has 2 atom stereocenters. The number of hydrogen-bond acceptors (Lipinski definition) is 2. The molecule has 142 valence electrons. The maximum Gasteiger partial charge on any atom is 0.170 e. The van der Waals surface area contributed by atoms with Crippen LogP contribution in [0.4, 0.5) is 11.4 Å². The highest BCUT2D eigenvalue weighted by molar-refractivity contribution is 5.45. The van der Waals surface area contributed by atoms with Crippen LogP contribution < -0.4 is 18.9 Å². The Morgan fingerprint density at radius 1 is 0.630 bits per heavy atom. The molecule has 2 aliphatic heterocycles. The van der Waals surface area contributed by atoms with Crippen molar-refractivity contribution >= 4 is 11.4 Å². The zero-order valence-corrected chi connectivity index (χ0v) is 16.3. The molecule has 2 aromatic rings. The molecule has 3 fully saturated rings. The molecule has 5 rings (SSSR count). The first kappa shape index (κ1) is 17.0. The lowest BCUT2D eigenvalue weighted by Crippen LogP contribution is -2.37. The minimum Gasteiger partial charge on any atom is -0.371 e. The van der Waals surface area contributed by atoms with Crippen LogP contribution in [0.1, 0.15) is 32.1 Å². The summed E-state index contributed by atoms with van der Waals surface area (Å²) in [5.41, 5.74) is 2.79. The van der Waals surface area contributed by atoms with Gasteiger partial charge in [-0.2, -0.15) is 0 Å². The van der Waals surface area contributed by atoms with E-state index in [0.717, 1.165) is 24.9 Å². The smallest absolute Gasteiger partial charge is 0.170 e. The summed E-state index contributed by atoms with van der Waals surface area (Å²) >= 11 is 0. The van der Waals surface area contributed by atoms with Gasteiger partial charge in [0.1, 0.15) is 0 Å². The maximum atomic E-state index is 2.51. The van der Waals surface area contributed by atoms with Crippen molar-refractivity contribution in [2.24, 2.45) is 11.8 Å². The molecule has 4 nitrogen and oxygen atoms in total. The van der Waals surface area contributed by atoms with Crippen molar-refractivity contribution in [1.82, 2.24) is 0 Å². The quantitative estimate of drug-likeness (QED) is 0.732. The van der Waals surface area contributed by atoms with Crippen molar-refractivity contribution in [2.45, 2.75) is 45.2 Å². The van der Waals surface area contributed by atoms with E-state index < -0.39 is 0 Å². The van der Waals surface area contributed by atoms with Crippen LogP contribution >= 0.6 is 0 Å². The highest BCUT2D eigenvalue weighted by Gasteiger charge is 2.42. The summed E-state index contributed by atoms with van der Waals surface area (Å²) in [6.45, 7) is 7.23. The van der Waals surface area contributed by atoms with Crippen LogP contribution in [0.3, 0.4) is 0 Å². The Hall–Kier alpha value is -2.10. The average molecular weight is 365 g/mol. The van der Waals surface area contributed by atoms with Crippen molar-refractivity contribution in [3.8, 4) is 0 Å². The Morgan fingerprint density at radius 3 is 1.37 bits per heavy atom. The van der Waals surface area contributed by atoms with Gasteiger partial charge in [-0.25, -0.2) is 9.13 Å². The first-order chi connectivity index (χ1) is 13.3. The third kappa shape index (κ3) is 3.95. The molecule has 2 saturated heterocycles. The molecule has 4 heteroatoms. The number of anilines is 2. The zero-order valence-electron chi connectivity index (χ0n) is 16.3. The Morgan fingerprint density at radius 2 is 1.00 bits per heavy atom. The first-order valence-electron chi connectivity index (χ1n) is 10.8. The summed E-state index contributed by atoms with van der Waals surface area (Å²) in [6.07, 6.45) is 15.8. The molecule has 0 amide bonds. The van der Waals surface area contributed by atoms with Gasteiger partial charge in [-0.3, -0.25) is 0 Å². The Labute approximate surface area is 163 Å². The Kier molecular flexibility index (Phi) is 4.73. The molecule has 27 heavy (non-hydrogen) atoms. The molecule has 0 spiro atoms. The molecule has 1 saturated carbocycles. The lowest BCUT2D eigenvalue weighted by Gasteiger charge is -2.16. The monoisotopic (exact) mass is 364 g/mol. The summed E-state index contributed by atoms with van der Waals surface area (Å²) in [6, 6.07) is 9.20.